The predicted molar refractivity (Wildman–Crippen MR) is 89.4 cm³/mol. The zero-order valence-corrected chi connectivity index (χ0v) is 13.8. The normalized spacial score (nSPS) is 16.5. The van der Waals surface area contributed by atoms with Gasteiger partial charge >= 0.3 is 0 Å². The summed E-state index contributed by atoms with van der Waals surface area (Å²) in [6, 6.07) is 7.65. The maximum Gasteiger partial charge on any atom is 0.263 e. The van der Waals surface area contributed by atoms with Crippen LogP contribution in [-0.4, -0.2) is 46.9 Å². The second-order valence-electron chi connectivity index (χ2n) is 5.39. The summed E-state index contributed by atoms with van der Waals surface area (Å²) in [5, 5.41) is 2.47. The highest BCUT2D eigenvalue weighted by molar-refractivity contribution is 7.12. The number of nitrogens with zero attached hydrogens (tertiary/aromatic N) is 3. The molecule has 0 atom stereocenters. The van der Waals surface area contributed by atoms with Gasteiger partial charge in [-0.3, -0.25) is 9.69 Å². The van der Waals surface area contributed by atoms with Crippen molar-refractivity contribution in [2.24, 2.45) is 0 Å². The molecular formula is C16H18ClN3OS. The Morgan fingerprint density at radius 3 is 2.86 bits per heavy atom. The molecule has 0 aromatic carbocycles. The number of aromatic nitrogens is 1. The Kier molecular flexibility index (Phi) is 5.08. The Morgan fingerprint density at radius 1 is 1.23 bits per heavy atom. The number of pyridine rings is 1. The highest BCUT2D eigenvalue weighted by atomic mass is 35.5. The smallest absolute Gasteiger partial charge is 0.263 e. The fourth-order valence-corrected chi connectivity index (χ4v) is 3.45. The summed E-state index contributed by atoms with van der Waals surface area (Å²) in [6.45, 7) is 4.34. The van der Waals surface area contributed by atoms with E-state index in [0.717, 1.165) is 49.6 Å². The van der Waals surface area contributed by atoms with Gasteiger partial charge in [0.05, 0.1) is 4.88 Å². The minimum atomic E-state index is 0.157. The van der Waals surface area contributed by atoms with Crippen molar-refractivity contribution >= 4 is 28.8 Å². The van der Waals surface area contributed by atoms with Crippen LogP contribution in [0.2, 0.25) is 5.15 Å². The molecule has 0 N–H and O–H groups in total. The second-order valence-corrected chi connectivity index (χ2v) is 6.72. The van der Waals surface area contributed by atoms with E-state index in [1.54, 1.807) is 0 Å². The van der Waals surface area contributed by atoms with Crippen molar-refractivity contribution in [2.45, 2.75) is 13.0 Å². The quantitative estimate of drug-likeness (QED) is 0.808. The monoisotopic (exact) mass is 335 g/mol. The molecule has 0 spiro atoms. The van der Waals surface area contributed by atoms with Crippen molar-refractivity contribution in [3.05, 3.63) is 51.4 Å². The van der Waals surface area contributed by atoms with Gasteiger partial charge in [0.2, 0.25) is 0 Å². The summed E-state index contributed by atoms with van der Waals surface area (Å²) in [7, 11) is 0. The number of rotatable bonds is 3. The van der Waals surface area contributed by atoms with E-state index in [1.165, 1.54) is 11.3 Å². The van der Waals surface area contributed by atoms with E-state index in [2.05, 4.69) is 9.88 Å². The summed E-state index contributed by atoms with van der Waals surface area (Å²) >= 11 is 7.33. The third kappa shape index (κ3) is 3.85. The van der Waals surface area contributed by atoms with Gasteiger partial charge in [-0.25, -0.2) is 4.98 Å². The topological polar surface area (TPSA) is 36.4 Å². The van der Waals surface area contributed by atoms with E-state index in [-0.39, 0.29) is 5.91 Å². The Labute approximate surface area is 139 Å². The molecule has 4 nitrogen and oxygen atoms in total. The Hall–Kier alpha value is -1.43. The van der Waals surface area contributed by atoms with E-state index >= 15 is 0 Å². The number of carbonyl (C=O) groups is 1. The van der Waals surface area contributed by atoms with Crippen molar-refractivity contribution in [1.82, 2.24) is 14.8 Å². The van der Waals surface area contributed by atoms with Crippen molar-refractivity contribution in [3.63, 3.8) is 0 Å². The third-order valence-corrected chi connectivity index (χ3v) is 4.88. The van der Waals surface area contributed by atoms with Gasteiger partial charge in [0.15, 0.2) is 0 Å². The Morgan fingerprint density at radius 2 is 2.14 bits per heavy atom. The van der Waals surface area contributed by atoms with E-state index in [1.807, 2.05) is 40.7 Å². The molecule has 3 heterocycles. The van der Waals surface area contributed by atoms with Gasteiger partial charge in [-0.2, -0.15) is 0 Å². The average molecular weight is 336 g/mol. The molecule has 22 heavy (non-hydrogen) atoms. The number of amides is 1. The molecule has 0 aliphatic carbocycles. The molecule has 0 radical (unpaired) electrons. The van der Waals surface area contributed by atoms with Gasteiger partial charge in [0.25, 0.3) is 5.91 Å². The van der Waals surface area contributed by atoms with Crippen LogP contribution in [0.4, 0.5) is 0 Å². The van der Waals surface area contributed by atoms with E-state index < -0.39 is 0 Å². The summed E-state index contributed by atoms with van der Waals surface area (Å²) in [5.74, 6) is 0.157. The number of carbonyl (C=O) groups excluding carboxylic acids is 1. The van der Waals surface area contributed by atoms with Gasteiger partial charge in [-0.05, 0) is 29.5 Å². The number of hydrogen-bond donors (Lipinski definition) is 0. The molecule has 1 aliphatic rings. The van der Waals surface area contributed by atoms with Crippen LogP contribution in [0.3, 0.4) is 0 Å². The molecule has 1 saturated heterocycles. The van der Waals surface area contributed by atoms with Crippen LogP contribution < -0.4 is 0 Å². The predicted octanol–water partition coefficient (Wildman–Crippen LogP) is 3.14. The second kappa shape index (κ2) is 7.22. The molecule has 0 bridgehead atoms. The summed E-state index contributed by atoms with van der Waals surface area (Å²) in [6.07, 6.45) is 2.82. The maximum atomic E-state index is 12.4. The fraction of sp³-hybridized carbons (Fsp3) is 0.375. The summed E-state index contributed by atoms with van der Waals surface area (Å²) < 4.78 is 0. The van der Waals surface area contributed by atoms with Gasteiger partial charge in [0.1, 0.15) is 5.15 Å². The van der Waals surface area contributed by atoms with Crippen molar-refractivity contribution < 1.29 is 4.79 Å². The zero-order valence-electron chi connectivity index (χ0n) is 12.2. The van der Waals surface area contributed by atoms with Gasteiger partial charge in [0, 0.05) is 38.9 Å². The van der Waals surface area contributed by atoms with E-state index in [4.69, 9.17) is 11.6 Å². The first kappa shape index (κ1) is 15.5. The first-order valence-electron chi connectivity index (χ1n) is 7.38. The lowest BCUT2D eigenvalue weighted by atomic mass is 10.2. The lowest BCUT2D eigenvalue weighted by molar-refractivity contribution is 0.0766. The maximum absolute atomic E-state index is 12.4. The SMILES string of the molecule is O=C(c1cccs1)N1CCCN(Cc2ccc(Cl)nc2)CC1. The number of halogens is 1. The van der Waals surface area contributed by atoms with Crippen molar-refractivity contribution in [1.29, 1.82) is 0 Å². The highest BCUT2D eigenvalue weighted by Crippen LogP contribution is 2.15. The van der Waals surface area contributed by atoms with Crippen LogP contribution in [0.15, 0.2) is 35.8 Å². The first-order valence-corrected chi connectivity index (χ1v) is 8.64. The van der Waals surface area contributed by atoms with Crippen LogP contribution in [0.25, 0.3) is 0 Å². The van der Waals surface area contributed by atoms with Gasteiger partial charge in [-0.15, -0.1) is 11.3 Å². The summed E-state index contributed by atoms with van der Waals surface area (Å²) in [5.41, 5.74) is 1.16. The molecular weight excluding hydrogens is 318 g/mol. The minimum Gasteiger partial charge on any atom is -0.337 e. The Bertz CT molecular complexity index is 615. The largest absolute Gasteiger partial charge is 0.337 e. The van der Waals surface area contributed by atoms with Gasteiger partial charge < -0.3 is 4.90 Å². The fourth-order valence-electron chi connectivity index (χ4n) is 2.65. The van der Waals surface area contributed by atoms with Crippen LogP contribution in [-0.2, 0) is 6.54 Å². The first-order chi connectivity index (χ1) is 10.7. The molecule has 116 valence electrons. The lowest BCUT2D eigenvalue weighted by Gasteiger charge is -2.21. The average Bonchev–Trinajstić information content (AvgIpc) is 2.96. The van der Waals surface area contributed by atoms with E-state index in [9.17, 15) is 4.79 Å². The molecule has 6 heteroatoms. The highest BCUT2D eigenvalue weighted by Gasteiger charge is 2.20. The molecule has 2 aromatic heterocycles. The minimum absolute atomic E-state index is 0.157. The number of thiophene rings is 1. The molecule has 1 fully saturated rings. The molecule has 1 aliphatic heterocycles. The zero-order chi connectivity index (χ0) is 15.4. The van der Waals surface area contributed by atoms with Gasteiger partial charge in [-0.1, -0.05) is 23.7 Å². The van der Waals surface area contributed by atoms with E-state index in [0.29, 0.717) is 5.15 Å². The molecule has 3 rings (SSSR count). The van der Waals surface area contributed by atoms with Crippen LogP contribution in [0, 0.1) is 0 Å². The standard InChI is InChI=1S/C16H18ClN3OS/c17-15-5-4-13(11-18-15)12-19-6-2-7-20(9-8-19)16(21)14-3-1-10-22-14/h1,3-5,10-11H,2,6-9,12H2. The molecule has 2 aromatic rings. The third-order valence-electron chi connectivity index (χ3n) is 3.80. The van der Waals surface area contributed by atoms with Crippen molar-refractivity contribution in [2.75, 3.05) is 26.2 Å². The summed E-state index contributed by atoms with van der Waals surface area (Å²) in [4.78, 5) is 21.7. The molecule has 1 amide bonds. The van der Waals surface area contributed by atoms with Crippen LogP contribution in [0.1, 0.15) is 21.7 Å². The molecule has 0 saturated carbocycles. The van der Waals surface area contributed by atoms with Crippen molar-refractivity contribution in [3.8, 4) is 0 Å². The van der Waals surface area contributed by atoms with Crippen LogP contribution in [0.5, 0.6) is 0 Å². The lowest BCUT2D eigenvalue weighted by Crippen LogP contribution is -2.34. The van der Waals surface area contributed by atoms with Crippen LogP contribution >= 0.6 is 22.9 Å². The Balaban J connectivity index is 1.58. The molecule has 0 unspecified atom stereocenters. The number of hydrogen-bond acceptors (Lipinski definition) is 4.